The Morgan fingerprint density at radius 3 is 2.70 bits per heavy atom. The minimum absolute atomic E-state index is 0.275. The molecule has 1 aromatic rings. The van der Waals surface area contributed by atoms with E-state index in [4.69, 9.17) is 14.2 Å². The van der Waals surface area contributed by atoms with Crippen LogP contribution in [0.15, 0.2) is 6.07 Å². The van der Waals surface area contributed by atoms with Gasteiger partial charge in [0.15, 0.2) is 0 Å². The van der Waals surface area contributed by atoms with Crippen molar-refractivity contribution in [1.29, 1.82) is 0 Å². The van der Waals surface area contributed by atoms with Gasteiger partial charge in [0, 0.05) is 26.3 Å². The number of aryl methyl sites for hydroxylation is 1. The maximum absolute atomic E-state index is 5.49. The molecule has 0 unspecified atom stereocenters. The summed E-state index contributed by atoms with van der Waals surface area (Å²) in [4.78, 5) is 8.54. The van der Waals surface area contributed by atoms with Gasteiger partial charge in [-0.05, 0) is 27.2 Å². The Balaban J connectivity index is 2.37. The van der Waals surface area contributed by atoms with E-state index in [1.54, 1.807) is 13.2 Å². The zero-order valence-electron chi connectivity index (χ0n) is 12.8. The molecule has 0 aliphatic carbocycles. The van der Waals surface area contributed by atoms with Crippen LogP contribution < -0.4 is 10.1 Å². The Kier molecular flexibility index (Phi) is 7.91. The lowest BCUT2D eigenvalue weighted by Gasteiger charge is -2.10. The summed E-state index contributed by atoms with van der Waals surface area (Å²) in [6, 6.07) is 1.80. The second-order valence-corrected chi connectivity index (χ2v) is 4.68. The van der Waals surface area contributed by atoms with Crippen molar-refractivity contribution < 1.29 is 14.2 Å². The van der Waals surface area contributed by atoms with Gasteiger partial charge in [-0.3, -0.25) is 0 Å². The summed E-state index contributed by atoms with van der Waals surface area (Å²) in [7, 11) is 1.64. The molecule has 0 spiro atoms. The lowest BCUT2D eigenvalue weighted by molar-refractivity contribution is 0.0787. The molecule has 6 heteroatoms. The number of nitrogens with zero attached hydrogens (tertiary/aromatic N) is 2. The van der Waals surface area contributed by atoms with Gasteiger partial charge < -0.3 is 19.5 Å². The molecule has 0 bridgehead atoms. The highest BCUT2D eigenvalue weighted by molar-refractivity contribution is 5.38. The molecule has 0 aliphatic rings. The molecule has 1 rings (SSSR count). The predicted molar refractivity (Wildman–Crippen MR) is 78.3 cm³/mol. The molecule has 114 valence electrons. The number of ether oxygens (including phenoxy) is 3. The molecule has 0 aliphatic heterocycles. The molecule has 1 aromatic heterocycles. The Morgan fingerprint density at radius 1 is 1.20 bits per heavy atom. The smallest absolute Gasteiger partial charge is 0.218 e. The van der Waals surface area contributed by atoms with Crippen molar-refractivity contribution in [1.82, 2.24) is 9.97 Å². The van der Waals surface area contributed by atoms with Gasteiger partial charge in [-0.25, -0.2) is 4.98 Å². The highest BCUT2D eigenvalue weighted by atomic mass is 16.5. The van der Waals surface area contributed by atoms with Crippen LogP contribution in [0, 0.1) is 6.92 Å². The molecule has 0 radical (unpaired) electrons. The second-order valence-electron chi connectivity index (χ2n) is 4.68. The van der Waals surface area contributed by atoms with Crippen molar-refractivity contribution in [3.8, 4) is 5.88 Å². The first-order valence-electron chi connectivity index (χ1n) is 6.94. The molecule has 1 N–H and O–H groups in total. The number of aromatic nitrogens is 2. The van der Waals surface area contributed by atoms with Crippen LogP contribution in [-0.2, 0) is 9.47 Å². The van der Waals surface area contributed by atoms with Gasteiger partial charge in [0.1, 0.15) is 18.2 Å². The fourth-order valence-electron chi connectivity index (χ4n) is 1.54. The second kappa shape index (κ2) is 9.50. The van der Waals surface area contributed by atoms with Crippen molar-refractivity contribution in [3.63, 3.8) is 0 Å². The third kappa shape index (κ3) is 7.25. The van der Waals surface area contributed by atoms with Gasteiger partial charge in [0.25, 0.3) is 0 Å². The minimum atomic E-state index is 0.275. The van der Waals surface area contributed by atoms with E-state index in [0.29, 0.717) is 24.9 Å². The summed E-state index contributed by atoms with van der Waals surface area (Å²) >= 11 is 0. The summed E-state index contributed by atoms with van der Waals surface area (Å²) in [5.74, 6) is 2.02. The lowest BCUT2D eigenvalue weighted by atomic mass is 10.4. The van der Waals surface area contributed by atoms with Gasteiger partial charge in [0.2, 0.25) is 5.88 Å². The molecule has 6 nitrogen and oxygen atoms in total. The van der Waals surface area contributed by atoms with E-state index >= 15 is 0 Å². The molecule has 0 atom stereocenters. The average Bonchev–Trinajstić information content (AvgIpc) is 2.38. The number of methoxy groups -OCH3 is 1. The maximum Gasteiger partial charge on any atom is 0.218 e. The van der Waals surface area contributed by atoms with Gasteiger partial charge >= 0.3 is 0 Å². The quantitative estimate of drug-likeness (QED) is 0.663. The molecule has 20 heavy (non-hydrogen) atoms. The van der Waals surface area contributed by atoms with Crippen molar-refractivity contribution in [2.24, 2.45) is 0 Å². The first-order valence-corrected chi connectivity index (χ1v) is 6.94. The SMILES string of the molecule is COCCOc1cc(NCCCOC(C)C)nc(C)n1. The third-order valence-corrected chi connectivity index (χ3v) is 2.43. The highest BCUT2D eigenvalue weighted by Crippen LogP contribution is 2.13. The molecule has 0 saturated carbocycles. The Morgan fingerprint density at radius 2 is 2.00 bits per heavy atom. The van der Waals surface area contributed by atoms with E-state index < -0.39 is 0 Å². The lowest BCUT2D eigenvalue weighted by Crippen LogP contribution is -2.11. The zero-order valence-corrected chi connectivity index (χ0v) is 12.8. The average molecular weight is 283 g/mol. The van der Waals surface area contributed by atoms with E-state index in [2.05, 4.69) is 15.3 Å². The summed E-state index contributed by atoms with van der Waals surface area (Å²) in [5.41, 5.74) is 0. The van der Waals surface area contributed by atoms with E-state index in [0.717, 1.165) is 25.4 Å². The van der Waals surface area contributed by atoms with Crippen LogP contribution in [0.3, 0.4) is 0 Å². The fraction of sp³-hybridized carbons (Fsp3) is 0.714. The highest BCUT2D eigenvalue weighted by Gasteiger charge is 2.03. The predicted octanol–water partition coefficient (Wildman–Crippen LogP) is 2.04. The third-order valence-electron chi connectivity index (χ3n) is 2.43. The summed E-state index contributed by atoms with van der Waals surface area (Å²) in [6.45, 7) is 8.48. The topological polar surface area (TPSA) is 65.5 Å². The fourth-order valence-corrected chi connectivity index (χ4v) is 1.54. The van der Waals surface area contributed by atoms with Crippen molar-refractivity contribution in [2.45, 2.75) is 33.3 Å². The van der Waals surface area contributed by atoms with Crippen LogP contribution in [0.4, 0.5) is 5.82 Å². The van der Waals surface area contributed by atoms with Crippen LogP contribution in [0.2, 0.25) is 0 Å². The van der Waals surface area contributed by atoms with Gasteiger partial charge in [0.05, 0.1) is 12.7 Å². The Labute approximate surface area is 120 Å². The van der Waals surface area contributed by atoms with Gasteiger partial charge in [-0.1, -0.05) is 0 Å². The number of rotatable bonds is 10. The van der Waals surface area contributed by atoms with Crippen molar-refractivity contribution >= 4 is 5.82 Å². The van der Waals surface area contributed by atoms with Crippen LogP contribution >= 0.6 is 0 Å². The molecular weight excluding hydrogens is 258 g/mol. The number of hydrogen-bond acceptors (Lipinski definition) is 6. The maximum atomic E-state index is 5.49. The Bertz CT molecular complexity index is 386. The summed E-state index contributed by atoms with van der Waals surface area (Å²) in [6.07, 6.45) is 1.21. The van der Waals surface area contributed by atoms with E-state index in [1.165, 1.54) is 0 Å². The van der Waals surface area contributed by atoms with Gasteiger partial charge in [-0.15, -0.1) is 0 Å². The summed E-state index contributed by atoms with van der Waals surface area (Å²) in [5, 5.41) is 3.25. The Hall–Kier alpha value is -1.40. The van der Waals surface area contributed by atoms with Crippen molar-refractivity contribution in [3.05, 3.63) is 11.9 Å². The molecule has 0 aromatic carbocycles. The van der Waals surface area contributed by atoms with E-state index in [-0.39, 0.29) is 6.10 Å². The van der Waals surface area contributed by atoms with Crippen LogP contribution in [-0.4, -0.2) is 49.5 Å². The largest absolute Gasteiger partial charge is 0.475 e. The standard InChI is InChI=1S/C14H25N3O3/c1-11(2)19-7-5-6-15-13-10-14(17-12(3)16-13)20-9-8-18-4/h10-11H,5-9H2,1-4H3,(H,15,16,17). The molecule has 0 fully saturated rings. The first-order chi connectivity index (χ1) is 9.61. The number of hydrogen-bond donors (Lipinski definition) is 1. The zero-order chi connectivity index (χ0) is 14.8. The molecule has 0 saturated heterocycles. The molecular formula is C14H25N3O3. The van der Waals surface area contributed by atoms with Crippen molar-refractivity contribution in [2.75, 3.05) is 38.8 Å². The minimum Gasteiger partial charge on any atom is -0.475 e. The molecule has 1 heterocycles. The molecule has 0 amide bonds. The van der Waals surface area contributed by atoms with Crippen LogP contribution in [0.25, 0.3) is 0 Å². The van der Waals surface area contributed by atoms with Gasteiger partial charge in [-0.2, -0.15) is 4.98 Å². The van der Waals surface area contributed by atoms with E-state index in [1.807, 2.05) is 20.8 Å². The number of nitrogens with one attached hydrogen (secondary N) is 1. The van der Waals surface area contributed by atoms with Crippen LogP contribution in [0.1, 0.15) is 26.1 Å². The number of anilines is 1. The summed E-state index contributed by atoms with van der Waals surface area (Å²) < 4.78 is 15.9. The van der Waals surface area contributed by atoms with E-state index in [9.17, 15) is 0 Å². The normalized spacial score (nSPS) is 10.8. The van der Waals surface area contributed by atoms with Crippen LogP contribution in [0.5, 0.6) is 5.88 Å². The first kappa shape index (κ1) is 16.7. The monoisotopic (exact) mass is 283 g/mol.